The summed E-state index contributed by atoms with van der Waals surface area (Å²) in [5, 5.41) is 24.0. The van der Waals surface area contributed by atoms with Crippen LogP contribution in [0.2, 0.25) is 0 Å². The van der Waals surface area contributed by atoms with Gasteiger partial charge in [-0.25, -0.2) is 4.79 Å². The summed E-state index contributed by atoms with van der Waals surface area (Å²) in [7, 11) is 0. The lowest BCUT2D eigenvalue weighted by molar-refractivity contribution is -0.203. The van der Waals surface area contributed by atoms with Crippen molar-refractivity contribution in [2.75, 3.05) is 0 Å². The first kappa shape index (κ1) is 32.8. The third-order valence-electron chi connectivity index (χ3n) is 15.2. The second-order valence-electron chi connectivity index (χ2n) is 18.3. The molecular formula is C40H59NO4. The summed E-state index contributed by atoms with van der Waals surface area (Å²) in [5.74, 6) is 0.382. The number of nitrogens with one attached hydrogen (secondary N) is 1. The van der Waals surface area contributed by atoms with Gasteiger partial charge in [0, 0.05) is 12.8 Å². The molecule has 1 aromatic rings. The van der Waals surface area contributed by atoms with Gasteiger partial charge in [-0.05, 0) is 120 Å². The van der Waals surface area contributed by atoms with Gasteiger partial charge >= 0.3 is 5.97 Å². The van der Waals surface area contributed by atoms with E-state index in [1.807, 2.05) is 30.3 Å². The molecule has 5 heteroatoms. The number of aliphatic hydroxyl groups excluding tert-OH is 1. The van der Waals surface area contributed by atoms with Gasteiger partial charge in [0.05, 0.1) is 6.10 Å². The number of fused-ring (bicyclic) bond motifs is 7. The molecule has 248 valence electrons. The standard InChI is InChI=1S/C40H59NO4/c1-35(2)19-21-40(25-33(43)41-29(34(44)45)23-26-11-9-8-10-12-26)22-20-38(6)27(28(40)24-35)13-14-31-37(5)17-16-32(42)36(3,4)30(37)15-18-39(31,38)7/h8-13,28-32,42H,14-25H2,1-7H3,(H,41,43)(H,44,45)/t28-,29?,30-,31+,32-,37-,38+,39+,40+/m0/s1. The highest BCUT2D eigenvalue weighted by molar-refractivity contribution is 5.84. The van der Waals surface area contributed by atoms with E-state index in [9.17, 15) is 19.8 Å². The van der Waals surface area contributed by atoms with E-state index in [0.717, 1.165) is 56.9 Å². The van der Waals surface area contributed by atoms with Gasteiger partial charge in [0.15, 0.2) is 0 Å². The number of carbonyl (C=O) groups excluding carboxylic acids is 1. The van der Waals surface area contributed by atoms with Gasteiger partial charge in [-0.15, -0.1) is 0 Å². The van der Waals surface area contributed by atoms with Gasteiger partial charge in [0.2, 0.25) is 5.91 Å². The van der Waals surface area contributed by atoms with Gasteiger partial charge in [-0.2, -0.15) is 0 Å². The van der Waals surface area contributed by atoms with Gasteiger partial charge < -0.3 is 15.5 Å². The van der Waals surface area contributed by atoms with Crippen LogP contribution >= 0.6 is 0 Å². The highest BCUT2D eigenvalue weighted by Crippen LogP contribution is 2.76. The highest BCUT2D eigenvalue weighted by atomic mass is 16.4. The van der Waals surface area contributed by atoms with Crippen molar-refractivity contribution in [2.24, 2.45) is 50.2 Å². The minimum Gasteiger partial charge on any atom is -0.480 e. The fraction of sp³-hybridized carbons (Fsp3) is 0.750. The molecule has 0 bridgehead atoms. The lowest BCUT2D eigenvalue weighted by Gasteiger charge is -2.71. The van der Waals surface area contributed by atoms with Crippen LogP contribution < -0.4 is 5.32 Å². The van der Waals surface area contributed by atoms with Crippen molar-refractivity contribution in [3.05, 3.63) is 47.5 Å². The molecule has 0 radical (unpaired) electrons. The Bertz CT molecular complexity index is 1350. The molecule has 0 aliphatic heterocycles. The number of allylic oxidation sites excluding steroid dienone is 2. The number of amides is 1. The number of carboxylic acids is 1. The third kappa shape index (κ3) is 5.13. The smallest absolute Gasteiger partial charge is 0.326 e. The average Bonchev–Trinajstić information content (AvgIpc) is 2.96. The van der Waals surface area contributed by atoms with E-state index in [4.69, 9.17) is 0 Å². The normalized spacial score (nSPS) is 42.1. The van der Waals surface area contributed by atoms with Crippen LogP contribution in [0.4, 0.5) is 0 Å². The summed E-state index contributed by atoms with van der Waals surface area (Å²) in [6.45, 7) is 17.2. The van der Waals surface area contributed by atoms with Crippen molar-refractivity contribution in [3.63, 3.8) is 0 Å². The molecule has 3 N–H and O–H groups in total. The molecule has 9 atom stereocenters. The fourth-order valence-corrected chi connectivity index (χ4v) is 12.3. The lowest BCUT2D eigenvalue weighted by atomic mass is 9.33. The fourth-order valence-electron chi connectivity index (χ4n) is 12.3. The Labute approximate surface area is 272 Å². The number of rotatable bonds is 6. The summed E-state index contributed by atoms with van der Waals surface area (Å²) < 4.78 is 0. The summed E-state index contributed by atoms with van der Waals surface area (Å²) >= 11 is 0. The van der Waals surface area contributed by atoms with E-state index in [-0.39, 0.29) is 44.5 Å². The molecule has 5 aliphatic rings. The Morgan fingerprint density at radius 2 is 1.58 bits per heavy atom. The van der Waals surface area contributed by atoms with Gasteiger partial charge in [0.25, 0.3) is 0 Å². The van der Waals surface area contributed by atoms with Crippen molar-refractivity contribution in [1.82, 2.24) is 5.32 Å². The van der Waals surface area contributed by atoms with Crippen molar-refractivity contribution in [1.29, 1.82) is 0 Å². The molecule has 1 aromatic carbocycles. The van der Waals surface area contributed by atoms with Crippen molar-refractivity contribution >= 4 is 11.9 Å². The Morgan fingerprint density at radius 1 is 0.889 bits per heavy atom. The number of aliphatic carboxylic acids is 1. The van der Waals surface area contributed by atoms with Crippen molar-refractivity contribution in [3.8, 4) is 0 Å². The monoisotopic (exact) mass is 617 g/mol. The molecule has 4 fully saturated rings. The zero-order chi connectivity index (χ0) is 32.6. The molecule has 0 heterocycles. The van der Waals surface area contributed by atoms with Crippen LogP contribution in [0.25, 0.3) is 0 Å². The lowest BCUT2D eigenvalue weighted by Crippen LogP contribution is -2.64. The molecule has 6 rings (SSSR count). The van der Waals surface area contributed by atoms with Crippen LogP contribution in [0.5, 0.6) is 0 Å². The topological polar surface area (TPSA) is 86.6 Å². The highest BCUT2D eigenvalue weighted by Gasteiger charge is 2.68. The number of hydrogen-bond donors (Lipinski definition) is 3. The predicted octanol–water partition coefficient (Wildman–Crippen LogP) is 8.35. The van der Waals surface area contributed by atoms with Crippen molar-refractivity contribution in [2.45, 2.75) is 138 Å². The molecule has 0 saturated heterocycles. The maximum absolute atomic E-state index is 13.8. The second kappa shape index (κ2) is 11.0. The summed E-state index contributed by atoms with van der Waals surface area (Å²) in [4.78, 5) is 26.1. The number of carbonyl (C=O) groups is 2. The van der Waals surface area contributed by atoms with E-state index in [1.54, 1.807) is 5.57 Å². The Balaban J connectivity index is 1.30. The van der Waals surface area contributed by atoms with E-state index in [0.29, 0.717) is 30.6 Å². The molecule has 0 spiro atoms. The number of aliphatic hydroxyl groups is 1. The first-order chi connectivity index (χ1) is 21.0. The Kier molecular flexibility index (Phi) is 7.98. The molecule has 1 unspecified atom stereocenters. The number of carboxylic acid groups (broad SMARTS) is 1. The second-order valence-corrected chi connectivity index (χ2v) is 18.3. The van der Waals surface area contributed by atoms with E-state index in [1.165, 1.54) is 12.8 Å². The quantitative estimate of drug-likeness (QED) is 0.280. The molecule has 4 saturated carbocycles. The molecular weight excluding hydrogens is 558 g/mol. The van der Waals surface area contributed by atoms with Crippen LogP contribution in [0.3, 0.4) is 0 Å². The maximum atomic E-state index is 13.8. The number of hydrogen-bond acceptors (Lipinski definition) is 3. The van der Waals surface area contributed by atoms with Crippen LogP contribution in [-0.4, -0.2) is 34.2 Å². The molecule has 5 nitrogen and oxygen atoms in total. The van der Waals surface area contributed by atoms with E-state index < -0.39 is 12.0 Å². The largest absolute Gasteiger partial charge is 0.480 e. The van der Waals surface area contributed by atoms with Crippen LogP contribution in [0, 0.1) is 50.2 Å². The summed E-state index contributed by atoms with van der Waals surface area (Å²) in [6, 6.07) is 8.68. The summed E-state index contributed by atoms with van der Waals surface area (Å²) in [5.41, 5.74) is 3.04. The Hall–Kier alpha value is -2.14. The first-order valence-corrected chi connectivity index (χ1v) is 17.9. The molecule has 1 amide bonds. The average molecular weight is 618 g/mol. The van der Waals surface area contributed by atoms with Crippen molar-refractivity contribution < 1.29 is 19.8 Å². The first-order valence-electron chi connectivity index (χ1n) is 17.9. The van der Waals surface area contributed by atoms with Gasteiger partial charge in [-0.1, -0.05) is 90.4 Å². The zero-order valence-electron chi connectivity index (χ0n) is 29.0. The summed E-state index contributed by atoms with van der Waals surface area (Å²) in [6.07, 6.45) is 13.9. The van der Waals surface area contributed by atoms with Crippen LogP contribution in [0.15, 0.2) is 42.0 Å². The predicted molar refractivity (Wildman–Crippen MR) is 179 cm³/mol. The third-order valence-corrected chi connectivity index (χ3v) is 15.2. The molecule has 45 heavy (non-hydrogen) atoms. The SMILES string of the molecule is CC1(C)CC[C@]2(CC(=O)NC(Cc3ccccc3)C(=O)O)CC[C@]3(C)C(=CC[C@@H]4[C@@]5(C)CC[C@H](O)C(C)(C)[C@@H]5CC[C@]43C)[C@@H]2C1. The maximum Gasteiger partial charge on any atom is 0.326 e. The molecule has 0 aromatic heterocycles. The van der Waals surface area contributed by atoms with Gasteiger partial charge in [0.1, 0.15) is 6.04 Å². The Morgan fingerprint density at radius 3 is 2.27 bits per heavy atom. The van der Waals surface area contributed by atoms with Gasteiger partial charge in [-0.3, -0.25) is 4.79 Å². The minimum absolute atomic E-state index is 0.0595. The molecule has 5 aliphatic carbocycles. The van der Waals surface area contributed by atoms with Crippen LogP contribution in [0.1, 0.15) is 125 Å². The zero-order valence-corrected chi connectivity index (χ0v) is 29.0. The number of benzene rings is 1. The van der Waals surface area contributed by atoms with E-state index in [2.05, 4.69) is 59.9 Å². The van der Waals surface area contributed by atoms with Crippen LogP contribution in [-0.2, 0) is 16.0 Å². The minimum atomic E-state index is -0.973. The van der Waals surface area contributed by atoms with E-state index >= 15 is 0 Å².